The van der Waals surface area contributed by atoms with Crippen molar-refractivity contribution in [2.75, 3.05) is 0 Å². The Balaban J connectivity index is 4.75. The van der Waals surface area contributed by atoms with Crippen LogP contribution in [-0.4, -0.2) is 6.72 Å². The molecule has 0 bridgehead atoms. The Hall–Kier alpha value is 5.84. The molecule has 0 rings (SSSR count). The van der Waals surface area contributed by atoms with Crippen LogP contribution in [0.4, 0.5) is 0 Å². The zero-order valence-corrected chi connectivity index (χ0v) is 22.4. The van der Waals surface area contributed by atoms with Crippen LogP contribution in [0.2, 0.25) is 0 Å². The molecule has 0 unspecified atom stereocenters. The summed E-state index contributed by atoms with van der Waals surface area (Å²) in [5, 5.41) is 0. The molecule has 0 aliphatic heterocycles. The number of hydrogen-bond acceptors (Lipinski definition) is 0. The fourth-order valence-corrected chi connectivity index (χ4v) is 8.27. The van der Waals surface area contributed by atoms with Crippen molar-refractivity contribution in [3.8, 4) is 0 Å². The van der Waals surface area contributed by atoms with Crippen LogP contribution in [0.15, 0.2) is 0 Å². The number of alkyl halides is 8. The van der Waals surface area contributed by atoms with Crippen molar-refractivity contribution in [3.63, 3.8) is 0 Å². The minimum atomic E-state index is 0.289. The van der Waals surface area contributed by atoms with E-state index >= 15 is 0 Å². The lowest BCUT2D eigenvalue weighted by Crippen LogP contribution is -2.43. The van der Waals surface area contributed by atoms with Crippen LogP contribution in [0.1, 0.15) is 0 Å². The molecule has 0 aliphatic rings. The van der Waals surface area contributed by atoms with Crippen molar-refractivity contribution in [3.05, 3.63) is 0 Å². The Kier molecular flexibility index (Phi) is 11.1. The lowest BCUT2D eigenvalue weighted by atomic mass is 10.4. The van der Waals surface area contributed by atoms with E-state index in [1.807, 2.05) is 0 Å². The molecule has 0 atom stereocenters. The first-order valence-electron chi connectivity index (χ1n) is 2.46. The van der Waals surface area contributed by atoms with E-state index in [9.17, 15) is 0 Å². The SMILES string of the molecule is IC(I)C(I)(I)C(I)(I)C(I)I. The van der Waals surface area contributed by atoms with E-state index in [0.717, 1.165) is 0 Å². The quantitative estimate of drug-likeness (QED) is 0.224. The van der Waals surface area contributed by atoms with Crippen LogP contribution in [0.3, 0.4) is 0 Å². The first kappa shape index (κ1) is 17.8. The number of rotatable bonds is 3. The molecule has 0 amide bonds. The number of hydrogen-bond donors (Lipinski definition) is 0. The number of halogens is 8. The van der Waals surface area contributed by atoms with Gasteiger partial charge in [-0.3, -0.25) is 0 Å². The van der Waals surface area contributed by atoms with Gasteiger partial charge in [-0.25, -0.2) is 0 Å². The Morgan fingerprint density at radius 1 is 0.583 bits per heavy atom. The van der Waals surface area contributed by atoms with Crippen LogP contribution < -0.4 is 0 Å². The third-order valence-electron chi connectivity index (χ3n) is 0.993. The molecule has 0 heterocycles. The van der Waals surface area contributed by atoms with E-state index in [1.165, 1.54) is 0 Å². The normalized spacial score (nSPS) is 14.5. The largest absolute Gasteiger partial charge is 0.119 e. The fourth-order valence-electron chi connectivity index (χ4n) is 0.291. The second-order valence-corrected chi connectivity index (χ2v) is 22.5. The van der Waals surface area contributed by atoms with Crippen molar-refractivity contribution >= 4 is 181 Å². The smallest absolute Gasteiger partial charge is 0.0686 e. The Morgan fingerprint density at radius 2 is 0.750 bits per heavy atom. The fraction of sp³-hybridized carbons (Fsp3) is 1.00. The van der Waals surface area contributed by atoms with Gasteiger partial charge in [-0.15, -0.1) is 0 Å². The average Bonchev–Trinajstić information content (AvgIpc) is 1.86. The maximum atomic E-state index is 2.57. The predicted octanol–water partition coefficient (Wildman–Crippen LogP) is 6.51. The Morgan fingerprint density at radius 3 is 0.833 bits per heavy atom. The molecule has 0 aromatic heterocycles. The monoisotopic (exact) mass is 1070 g/mol. The topological polar surface area (TPSA) is 0 Å². The van der Waals surface area contributed by atoms with Crippen LogP contribution in [0.5, 0.6) is 0 Å². The second kappa shape index (κ2) is 7.43. The molecule has 8 heteroatoms. The minimum Gasteiger partial charge on any atom is -0.0686 e. The lowest BCUT2D eigenvalue weighted by Gasteiger charge is -2.37. The third kappa shape index (κ3) is 4.84. The summed E-state index contributed by atoms with van der Waals surface area (Å²) in [6.07, 6.45) is 0. The van der Waals surface area contributed by atoms with E-state index in [2.05, 4.69) is 181 Å². The molecule has 0 saturated carbocycles. The highest BCUT2D eigenvalue weighted by molar-refractivity contribution is 14.2. The van der Waals surface area contributed by atoms with E-state index < -0.39 is 0 Å². The Labute approximate surface area is 182 Å². The summed E-state index contributed by atoms with van der Waals surface area (Å²) in [6, 6.07) is 0. The zero-order valence-electron chi connectivity index (χ0n) is 5.18. The zero-order chi connectivity index (χ0) is 10.2. The summed E-state index contributed by atoms with van der Waals surface area (Å²) in [4.78, 5) is 0. The van der Waals surface area contributed by atoms with Gasteiger partial charge in [-0.2, -0.15) is 0 Å². The van der Waals surface area contributed by atoms with Gasteiger partial charge in [0.2, 0.25) is 0 Å². The molecule has 0 fully saturated rings. The van der Waals surface area contributed by atoms with E-state index in [4.69, 9.17) is 0 Å². The van der Waals surface area contributed by atoms with Gasteiger partial charge in [-0.05, 0) is 0 Å². The van der Waals surface area contributed by atoms with Gasteiger partial charge in [0.15, 0.2) is 0 Å². The summed E-state index contributed by atoms with van der Waals surface area (Å²) in [5.41, 5.74) is 0. The van der Waals surface area contributed by atoms with E-state index in [-0.39, 0.29) is 2.86 Å². The molecule has 0 saturated heterocycles. The molecule has 0 N–H and O–H groups in total. The van der Waals surface area contributed by atoms with Crippen molar-refractivity contribution in [2.45, 2.75) is 6.72 Å². The summed E-state index contributed by atoms with van der Waals surface area (Å²) in [6.45, 7) is 0. The van der Waals surface area contributed by atoms with Crippen LogP contribution in [0, 0.1) is 0 Å². The highest BCUT2D eigenvalue weighted by Crippen LogP contribution is 2.60. The van der Waals surface area contributed by atoms with Crippen LogP contribution in [0.25, 0.3) is 0 Å². The van der Waals surface area contributed by atoms with Crippen molar-refractivity contribution in [1.29, 1.82) is 0 Å². The molecule has 74 valence electrons. The van der Waals surface area contributed by atoms with Gasteiger partial charge in [0.25, 0.3) is 0 Å². The van der Waals surface area contributed by atoms with Gasteiger partial charge < -0.3 is 0 Å². The third-order valence-corrected chi connectivity index (χ3v) is 24.3. The molecule has 12 heavy (non-hydrogen) atoms. The van der Waals surface area contributed by atoms with E-state index in [0.29, 0.717) is 3.86 Å². The van der Waals surface area contributed by atoms with Crippen molar-refractivity contribution in [2.24, 2.45) is 0 Å². The van der Waals surface area contributed by atoms with Gasteiger partial charge in [0, 0.05) is 0 Å². The van der Waals surface area contributed by atoms with Crippen LogP contribution >= 0.6 is 181 Å². The van der Waals surface area contributed by atoms with Crippen molar-refractivity contribution < 1.29 is 0 Å². The molecule has 0 aromatic rings. The van der Waals surface area contributed by atoms with Gasteiger partial charge in [0.1, 0.15) is 2.86 Å². The highest BCUT2D eigenvalue weighted by atomic mass is 127. The van der Waals surface area contributed by atoms with Gasteiger partial charge in [0.05, 0.1) is 3.86 Å². The summed E-state index contributed by atoms with van der Waals surface area (Å²) in [7, 11) is 0. The van der Waals surface area contributed by atoms with Gasteiger partial charge >= 0.3 is 0 Å². The molecule has 0 aromatic carbocycles. The standard InChI is InChI=1S/C4H2I8/c5-1(6)3(9,10)4(11,12)2(7)8/h1-2H. The van der Waals surface area contributed by atoms with Gasteiger partial charge in [-0.1, -0.05) is 181 Å². The maximum absolute atomic E-state index is 2.57. The lowest BCUT2D eigenvalue weighted by molar-refractivity contribution is 0.961. The maximum Gasteiger partial charge on any atom is 0.119 e. The molecule has 0 radical (unpaired) electrons. The highest BCUT2D eigenvalue weighted by Gasteiger charge is 2.51. The summed E-state index contributed by atoms with van der Waals surface area (Å²) >= 11 is 20.3. The van der Waals surface area contributed by atoms with E-state index in [1.54, 1.807) is 0 Å². The van der Waals surface area contributed by atoms with Crippen LogP contribution in [-0.2, 0) is 0 Å². The molecule has 0 aliphatic carbocycles. The second-order valence-electron chi connectivity index (χ2n) is 1.85. The van der Waals surface area contributed by atoms with Crippen molar-refractivity contribution in [1.82, 2.24) is 0 Å². The average molecular weight is 1070 g/mol. The summed E-state index contributed by atoms with van der Waals surface area (Å²) < 4.78 is 1.85. The predicted molar refractivity (Wildman–Crippen MR) is 125 cm³/mol. The Bertz CT molecular complexity index is 131. The molecular formula is C4H2I8. The minimum absolute atomic E-state index is 0.289. The first-order valence-corrected chi connectivity index (χ1v) is 11.8. The molecule has 0 nitrogen and oxygen atoms in total. The molecule has 0 spiro atoms. The first-order chi connectivity index (χ1) is 5.14. The molecular weight excluding hydrogens is 1060 g/mol. The summed E-state index contributed by atoms with van der Waals surface area (Å²) in [5.74, 6) is 0.